The normalized spacial score (nSPS) is 12.2. The average molecular weight is 233 g/mol. The van der Waals surface area contributed by atoms with Crippen LogP contribution in [0.1, 0.15) is 10.4 Å². The molecule has 1 aromatic rings. The van der Waals surface area contributed by atoms with Gasteiger partial charge < -0.3 is 4.74 Å². The molecule has 3 nitrogen and oxygen atoms in total. The molecule has 1 rings (SSSR count). The molecule has 0 saturated heterocycles. The number of methoxy groups -OCH3 is 1. The molecule has 1 atom stereocenters. The lowest BCUT2D eigenvalue weighted by atomic mass is 10.2. The first kappa shape index (κ1) is 11.2. The Labute approximate surface area is 89.5 Å². The average Bonchev–Trinajstić information content (AvgIpc) is 2.16. The Morgan fingerprint density at radius 1 is 1.50 bits per heavy atom. The number of esters is 1. The van der Waals surface area contributed by atoms with Gasteiger partial charge in [0.2, 0.25) is 0 Å². The minimum Gasteiger partial charge on any atom is -0.465 e. The van der Waals surface area contributed by atoms with Crippen molar-refractivity contribution in [3.05, 3.63) is 28.8 Å². The lowest BCUT2D eigenvalue weighted by molar-refractivity contribution is 0.0601. The highest BCUT2D eigenvalue weighted by molar-refractivity contribution is 7.84. The summed E-state index contributed by atoms with van der Waals surface area (Å²) in [5.74, 6) is -0.497. The molecule has 0 aliphatic carbocycles. The van der Waals surface area contributed by atoms with Crippen LogP contribution in [-0.2, 0) is 15.5 Å². The van der Waals surface area contributed by atoms with Gasteiger partial charge in [0, 0.05) is 22.0 Å². The SMILES string of the molecule is COC(=O)c1ccc(S(C)=O)cc1Cl. The molecule has 0 radical (unpaired) electrons. The highest BCUT2D eigenvalue weighted by Gasteiger charge is 2.11. The molecule has 0 bridgehead atoms. The molecule has 76 valence electrons. The van der Waals surface area contributed by atoms with Crippen LogP contribution in [0, 0.1) is 0 Å². The maximum absolute atomic E-state index is 11.1. The van der Waals surface area contributed by atoms with Crippen molar-refractivity contribution in [2.24, 2.45) is 0 Å². The molecular formula is C9H9ClO3S. The lowest BCUT2D eigenvalue weighted by Gasteiger charge is -2.03. The first-order valence-electron chi connectivity index (χ1n) is 3.77. The highest BCUT2D eigenvalue weighted by Crippen LogP contribution is 2.20. The fourth-order valence-corrected chi connectivity index (χ4v) is 1.82. The summed E-state index contributed by atoms with van der Waals surface area (Å²) in [5.41, 5.74) is 0.281. The zero-order valence-electron chi connectivity index (χ0n) is 7.74. The minimum absolute atomic E-state index is 0.254. The fraction of sp³-hybridized carbons (Fsp3) is 0.222. The summed E-state index contributed by atoms with van der Waals surface area (Å²) in [6, 6.07) is 4.60. The van der Waals surface area contributed by atoms with Gasteiger partial charge in [-0.15, -0.1) is 0 Å². The smallest absolute Gasteiger partial charge is 0.339 e. The maximum atomic E-state index is 11.1. The van der Waals surface area contributed by atoms with Gasteiger partial charge in [-0.3, -0.25) is 4.21 Å². The molecule has 14 heavy (non-hydrogen) atoms. The van der Waals surface area contributed by atoms with E-state index < -0.39 is 16.8 Å². The predicted octanol–water partition coefficient (Wildman–Crippen LogP) is 1.86. The van der Waals surface area contributed by atoms with Gasteiger partial charge in [0.25, 0.3) is 0 Å². The molecule has 1 aromatic carbocycles. The monoisotopic (exact) mass is 232 g/mol. The number of hydrogen-bond acceptors (Lipinski definition) is 3. The van der Waals surface area contributed by atoms with Crippen molar-refractivity contribution in [2.45, 2.75) is 4.90 Å². The van der Waals surface area contributed by atoms with Crippen molar-refractivity contribution in [3.63, 3.8) is 0 Å². The van der Waals surface area contributed by atoms with Crippen LogP contribution in [-0.4, -0.2) is 23.5 Å². The van der Waals surface area contributed by atoms with Crippen LogP contribution < -0.4 is 0 Å². The first-order valence-corrected chi connectivity index (χ1v) is 5.71. The molecule has 0 N–H and O–H groups in total. The van der Waals surface area contributed by atoms with Crippen molar-refractivity contribution in [1.82, 2.24) is 0 Å². The largest absolute Gasteiger partial charge is 0.465 e. The van der Waals surface area contributed by atoms with E-state index in [-0.39, 0.29) is 10.6 Å². The van der Waals surface area contributed by atoms with E-state index in [0.717, 1.165) is 0 Å². The van der Waals surface area contributed by atoms with Crippen LogP contribution >= 0.6 is 11.6 Å². The number of rotatable bonds is 2. The predicted molar refractivity (Wildman–Crippen MR) is 55.1 cm³/mol. The molecule has 0 aliphatic rings. The molecule has 0 saturated carbocycles. The third-order valence-corrected chi connectivity index (χ3v) is 2.91. The van der Waals surface area contributed by atoms with E-state index in [9.17, 15) is 9.00 Å². The summed E-state index contributed by atoms with van der Waals surface area (Å²) in [6.45, 7) is 0. The molecule has 0 spiro atoms. The third-order valence-electron chi connectivity index (χ3n) is 1.68. The van der Waals surface area contributed by atoms with Crippen molar-refractivity contribution in [2.75, 3.05) is 13.4 Å². The number of benzene rings is 1. The molecule has 0 aromatic heterocycles. The van der Waals surface area contributed by atoms with E-state index in [1.165, 1.54) is 19.2 Å². The van der Waals surface area contributed by atoms with Crippen LogP contribution in [0.25, 0.3) is 0 Å². The molecule has 0 aliphatic heterocycles. The Kier molecular flexibility index (Phi) is 3.66. The Bertz CT molecular complexity index is 390. The maximum Gasteiger partial charge on any atom is 0.339 e. The van der Waals surface area contributed by atoms with E-state index in [4.69, 9.17) is 11.6 Å². The third kappa shape index (κ3) is 2.33. The van der Waals surface area contributed by atoms with Crippen LogP contribution in [0.5, 0.6) is 0 Å². The van der Waals surface area contributed by atoms with E-state index in [0.29, 0.717) is 4.90 Å². The van der Waals surface area contributed by atoms with Crippen LogP contribution in [0.15, 0.2) is 23.1 Å². The van der Waals surface area contributed by atoms with Gasteiger partial charge in [-0.2, -0.15) is 0 Å². The van der Waals surface area contributed by atoms with E-state index in [2.05, 4.69) is 4.74 Å². The van der Waals surface area contributed by atoms with Crippen molar-refractivity contribution in [1.29, 1.82) is 0 Å². The first-order chi connectivity index (χ1) is 6.56. The van der Waals surface area contributed by atoms with E-state index in [1.807, 2.05) is 0 Å². The Balaban J connectivity index is 3.14. The van der Waals surface area contributed by atoms with Gasteiger partial charge in [0.05, 0.1) is 17.7 Å². The summed E-state index contributed by atoms with van der Waals surface area (Å²) in [7, 11) is 0.183. The zero-order chi connectivity index (χ0) is 10.7. The Morgan fingerprint density at radius 2 is 2.14 bits per heavy atom. The second-order valence-electron chi connectivity index (χ2n) is 2.59. The van der Waals surface area contributed by atoms with E-state index >= 15 is 0 Å². The number of carbonyl (C=O) groups is 1. The van der Waals surface area contributed by atoms with Gasteiger partial charge in [-0.05, 0) is 18.2 Å². The molecule has 0 fully saturated rings. The second-order valence-corrected chi connectivity index (χ2v) is 4.37. The summed E-state index contributed by atoms with van der Waals surface area (Å²) >= 11 is 5.81. The molecule has 1 unspecified atom stereocenters. The van der Waals surface area contributed by atoms with Gasteiger partial charge >= 0.3 is 5.97 Å². The molecule has 0 heterocycles. The van der Waals surface area contributed by atoms with E-state index in [1.54, 1.807) is 12.3 Å². The van der Waals surface area contributed by atoms with Crippen LogP contribution in [0.3, 0.4) is 0 Å². The number of carbonyl (C=O) groups excluding carboxylic acids is 1. The summed E-state index contributed by atoms with van der Waals surface area (Å²) < 4.78 is 15.6. The van der Waals surface area contributed by atoms with Crippen LogP contribution in [0.4, 0.5) is 0 Å². The van der Waals surface area contributed by atoms with Crippen molar-refractivity contribution >= 4 is 28.4 Å². The molecule has 0 amide bonds. The number of ether oxygens (including phenoxy) is 1. The Hall–Kier alpha value is -0.870. The standard InChI is InChI=1S/C9H9ClO3S/c1-13-9(11)7-4-3-6(14(2)12)5-8(7)10/h3-5H,1-2H3. The quantitative estimate of drug-likeness (QED) is 0.731. The van der Waals surface area contributed by atoms with Gasteiger partial charge in [0.1, 0.15) is 0 Å². The summed E-state index contributed by atoms with van der Waals surface area (Å²) in [4.78, 5) is 11.7. The van der Waals surface area contributed by atoms with Gasteiger partial charge in [-0.1, -0.05) is 11.6 Å². The van der Waals surface area contributed by atoms with Gasteiger partial charge in [-0.25, -0.2) is 4.79 Å². The molecule has 5 heteroatoms. The molecular weight excluding hydrogens is 224 g/mol. The lowest BCUT2D eigenvalue weighted by Crippen LogP contribution is -2.02. The minimum atomic E-state index is -1.10. The number of halogens is 1. The summed E-state index contributed by atoms with van der Waals surface area (Å²) in [6.07, 6.45) is 1.55. The summed E-state index contributed by atoms with van der Waals surface area (Å²) in [5, 5.41) is 0.254. The topological polar surface area (TPSA) is 43.4 Å². The highest BCUT2D eigenvalue weighted by atomic mass is 35.5. The Morgan fingerprint density at radius 3 is 2.57 bits per heavy atom. The van der Waals surface area contributed by atoms with Crippen molar-refractivity contribution in [3.8, 4) is 0 Å². The van der Waals surface area contributed by atoms with Gasteiger partial charge in [0.15, 0.2) is 0 Å². The van der Waals surface area contributed by atoms with Crippen LogP contribution in [0.2, 0.25) is 5.02 Å². The second kappa shape index (κ2) is 4.57. The zero-order valence-corrected chi connectivity index (χ0v) is 9.32. The number of hydrogen-bond donors (Lipinski definition) is 0. The fourth-order valence-electron chi connectivity index (χ4n) is 0.950. The van der Waals surface area contributed by atoms with Crippen molar-refractivity contribution < 1.29 is 13.7 Å².